The first-order chi connectivity index (χ1) is 9.27. The van der Waals surface area contributed by atoms with Crippen LogP contribution in [-0.4, -0.2) is 37.0 Å². The van der Waals surface area contributed by atoms with Gasteiger partial charge in [0, 0.05) is 11.8 Å². The summed E-state index contributed by atoms with van der Waals surface area (Å²) < 4.78 is 26.9. The first kappa shape index (κ1) is 17.3. The van der Waals surface area contributed by atoms with Crippen LogP contribution in [0.15, 0.2) is 23.1 Å². The van der Waals surface area contributed by atoms with Crippen molar-refractivity contribution in [1.82, 2.24) is 4.72 Å². The van der Waals surface area contributed by atoms with Gasteiger partial charge < -0.3 is 5.11 Å². The molecule has 5 nitrogen and oxygen atoms in total. The lowest BCUT2D eigenvalue weighted by Gasteiger charge is -2.14. The fraction of sp³-hybridized carbons (Fsp3) is 0.417. The number of carboxylic acid groups (broad SMARTS) is 1. The van der Waals surface area contributed by atoms with E-state index in [2.05, 4.69) is 4.72 Å². The summed E-state index contributed by atoms with van der Waals surface area (Å²) >= 11 is 7.47. The summed E-state index contributed by atoms with van der Waals surface area (Å²) in [5, 5.41) is 8.90. The average Bonchev–Trinajstić information content (AvgIpc) is 2.35. The van der Waals surface area contributed by atoms with Crippen molar-refractivity contribution in [3.05, 3.63) is 28.8 Å². The second kappa shape index (κ2) is 7.31. The molecule has 0 aliphatic heterocycles. The topological polar surface area (TPSA) is 83.5 Å². The molecule has 1 unspecified atom stereocenters. The van der Waals surface area contributed by atoms with Crippen molar-refractivity contribution in [1.29, 1.82) is 0 Å². The van der Waals surface area contributed by atoms with Gasteiger partial charge in [0.25, 0.3) is 0 Å². The number of nitrogens with one attached hydrogen (secondary N) is 1. The number of thioether (sulfide) groups is 1. The zero-order valence-corrected chi connectivity index (χ0v) is 13.5. The lowest BCUT2D eigenvalue weighted by atomic mass is 10.2. The van der Waals surface area contributed by atoms with Crippen molar-refractivity contribution in [2.75, 3.05) is 11.5 Å². The average molecular weight is 338 g/mol. The molecule has 0 heterocycles. The van der Waals surface area contributed by atoms with Crippen LogP contribution in [0.25, 0.3) is 0 Å². The number of carbonyl (C=O) groups is 1. The molecule has 0 aromatic heterocycles. The Labute approximate surface area is 127 Å². The summed E-state index contributed by atoms with van der Waals surface area (Å²) in [7, 11) is -3.84. The summed E-state index contributed by atoms with van der Waals surface area (Å²) in [6.07, 6.45) is 0. The van der Waals surface area contributed by atoms with Crippen molar-refractivity contribution in [3.63, 3.8) is 0 Å². The van der Waals surface area contributed by atoms with Crippen LogP contribution in [0.1, 0.15) is 24.2 Å². The van der Waals surface area contributed by atoms with Crippen molar-refractivity contribution in [2.24, 2.45) is 0 Å². The minimum absolute atomic E-state index is 0.00200. The zero-order valence-electron chi connectivity index (χ0n) is 11.1. The molecule has 2 N–H and O–H groups in total. The first-order valence-corrected chi connectivity index (χ1v) is 8.92. The lowest BCUT2D eigenvalue weighted by Crippen LogP contribution is -2.34. The van der Waals surface area contributed by atoms with Crippen LogP contribution in [0.2, 0.25) is 5.02 Å². The number of sulfonamides is 1. The summed E-state index contributed by atoms with van der Waals surface area (Å²) in [5.41, 5.74) is -0.120. The van der Waals surface area contributed by atoms with E-state index in [4.69, 9.17) is 16.7 Å². The van der Waals surface area contributed by atoms with Gasteiger partial charge in [0.2, 0.25) is 10.0 Å². The Morgan fingerprint density at radius 1 is 1.50 bits per heavy atom. The highest BCUT2D eigenvalue weighted by atomic mass is 35.5. The Hall–Kier alpha value is -0.760. The molecule has 1 atom stereocenters. The molecule has 20 heavy (non-hydrogen) atoms. The van der Waals surface area contributed by atoms with Gasteiger partial charge in [0.15, 0.2) is 0 Å². The lowest BCUT2D eigenvalue weighted by molar-refractivity contribution is 0.0696. The molecule has 0 aliphatic rings. The monoisotopic (exact) mass is 337 g/mol. The third-order valence-electron chi connectivity index (χ3n) is 2.40. The van der Waals surface area contributed by atoms with Gasteiger partial charge in [0.05, 0.1) is 10.6 Å². The Morgan fingerprint density at radius 2 is 2.15 bits per heavy atom. The predicted octanol–water partition coefficient (Wildman–Crippen LogP) is 2.46. The number of hydrogen-bond donors (Lipinski definition) is 2. The van der Waals surface area contributed by atoms with E-state index in [1.54, 1.807) is 18.7 Å². The molecule has 1 aromatic rings. The van der Waals surface area contributed by atoms with Gasteiger partial charge in [-0.05, 0) is 30.9 Å². The van der Waals surface area contributed by atoms with Gasteiger partial charge in [-0.15, -0.1) is 0 Å². The van der Waals surface area contributed by atoms with E-state index < -0.39 is 16.0 Å². The first-order valence-electron chi connectivity index (χ1n) is 5.91. The molecule has 1 aromatic carbocycles. The molecule has 0 bridgehead atoms. The Balaban J connectivity index is 3.03. The highest BCUT2D eigenvalue weighted by Gasteiger charge is 2.22. The van der Waals surface area contributed by atoms with E-state index in [1.165, 1.54) is 12.1 Å². The summed E-state index contributed by atoms with van der Waals surface area (Å²) in [5.74, 6) is 0.320. The van der Waals surface area contributed by atoms with E-state index in [9.17, 15) is 13.2 Å². The predicted molar refractivity (Wildman–Crippen MR) is 81.2 cm³/mol. The van der Waals surface area contributed by atoms with E-state index in [-0.39, 0.29) is 21.5 Å². The number of aromatic carboxylic acids is 1. The summed E-state index contributed by atoms with van der Waals surface area (Å²) in [4.78, 5) is 10.7. The van der Waals surface area contributed by atoms with Crippen LogP contribution in [0, 0.1) is 0 Å². The van der Waals surface area contributed by atoms with Gasteiger partial charge >= 0.3 is 5.97 Å². The highest BCUT2D eigenvalue weighted by molar-refractivity contribution is 7.99. The fourth-order valence-electron chi connectivity index (χ4n) is 1.50. The van der Waals surface area contributed by atoms with Crippen molar-refractivity contribution >= 4 is 39.4 Å². The molecule has 0 saturated heterocycles. The smallest absolute Gasteiger partial charge is 0.335 e. The minimum atomic E-state index is -3.84. The number of benzene rings is 1. The summed E-state index contributed by atoms with van der Waals surface area (Å²) in [6.45, 7) is 3.73. The van der Waals surface area contributed by atoms with E-state index in [0.29, 0.717) is 5.75 Å². The Morgan fingerprint density at radius 3 is 2.70 bits per heavy atom. The van der Waals surface area contributed by atoms with Gasteiger partial charge in [-0.25, -0.2) is 17.9 Å². The molecule has 1 rings (SSSR count). The van der Waals surface area contributed by atoms with Crippen molar-refractivity contribution in [2.45, 2.75) is 24.8 Å². The molecule has 8 heteroatoms. The van der Waals surface area contributed by atoms with Crippen molar-refractivity contribution in [3.8, 4) is 0 Å². The van der Waals surface area contributed by atoms with Gasteiger partial charge in [-0.3, -0.25) is 0 Å². The van der Waals surface area contributed by atoms with Crippen LogP contribution in [-0.2, 0) is 10.0 Å². The number of hydrogen-bond acceptors (Lipinski definition) is 4. The number of rotatable bonds is 7. The molecule has 0 spiro atoms. The molecule has 0 saturated carbocycles. The third-order valence-corrected chi connectivity index (χ3v) is 5.61. The molecular formula is C12H16ClNO4S2. The van der Waals surface area contributed by atoms with Crippen LogP contribution < -0.4 is 4.72 Å². The van der Waals surface area contributed by atoms with Gasteiger partial charge in [-0.1, -0.05) is 18.5 Å². The van der Waals surface area contributed by atoms with E-state index in [1.807, 2.05) is 6.92 Å². The highest BCUT2D eigenvalue weighted by Crippen LogP contribution is 2.23. The van der Waals surface area contributed by atoms with Gasteiger partial charge in [0.1, 0.15) is 4.90 Å². The maximum atomic E-state index is 12.2. The normalized spacial score (nSPS) is 13.2. The quantitative estimate of drug-likeness (QED) is 0.798. The van der Waals surface area contributed by atoms with Crippen molar-refractivity contribution < 1.29 is 18.3 Å². The zero-order chi connectivity index (χ0) is 15.3. The standard InChI is InChI=1S/C12H16ClNO4S2/c1-3-19-7-8(2)14-20(17,18)11-6-9(12(15)16)4-5-10(11)13/h4-6,8,14H,3,7H2,1-2H3,(H,15,16). The molecular weight excluding hydrogens is 322 g/mol. The van der Waals surface area contributed by atoms with Gasteiger partial charge in [-0.2, -0.15) is 11.8 Å². The van der Waals surface area contributed by atoms with E-state index in [0.717, 1.165) is 11.8 Å². The largest absolute Gasteiger partial charge is 0.478 e. The molecule has 0 amide bonds. The Bertz CT molecular complexity index is 589. The molecule has 0 fully saturated rings. The second-order valence-electron chi connectivity index (χ2n) is 4.13. The van der Waals surface area contributed by atoms with Crippen LogP contribution >= 0.6 is 23.4 Å². The van der Waals surface area contributed by atoms with Crippen LogP contribution in [0.3, 0.4) is 0 Å². The SMILES string of the molecule is CCSCC(C)NS(=O)(=O)c1cc(C(=O)O)ccc1Cl. The van der Waals surface area contributed by atoms with Crippen LogP contribution in [0.4, 0.5) is 0 Å². The third kappa shape index (κ3) is 4.66. The number of halogens is 1. The van der Waals surface area contributed by atoms with E-state index >= 15 is 0 Å². The minimum Gasteiger partial charge on any atom is -0.478 e. The molecule has 0 radical (unpaired) electrons. The molecule has 112 valence electrons. The fourth-order valence-corrected chi connectivity index (χ4v) is 4.05. The van der Waals surface area contributed by atoms with Crippen LogP contribution in [0.5, 0.6) is 0 Å². The maximum absolute atomic E-state index is 12.2. The summed E-state index contributed by atoms with van der Waals surface area (Å²) in [6, 6.07) is 3.33. The second-order valence-corrected chi connectivity index (χ2v) is 7.54. The molecule has 0 aliphatic carbocycles. The Kier molecular flexibility index (Phi) is 6.32. The maximum Gasteiger partial charge on any atom is 0.335 e. The number of carboxylic acids is 1.